The maximum Gasteiger partial charge on any atom is 0.221 e. The molecule has 2 aromatic carbocycles. The molecule has 1 saturated heterocycles. The van der Waals surface area contributed by atoms with Gasteiger partial charge in [-0.15, -0.1) is 24.0 Å². The lowest BCUT2D eigenvalue weighted by Gasteiger charge is -2.36. The van der Waals surface area contributed by atoms with Crippen LogP contribution in [0.1, 0.15) is 18.1 Å². The number of rotatable bonds is 7. The molecule has 0 aromatic heterocycles. The van der Waals surface area contributed by atoms with Crippen LogP contribution in [0.2, 0.25) is 0 Å². The summed E-state index contributed by atoms with van der Waals surface area (Å²) in [6, 6.07) is 18.4. The van der Waals surface area contributed by atoms with Gasteiger partial charge >= 0.3 is 0 Å². The molecule has 7 heteroatoms. The zero-order valence-electron chi connectivity index (χ0n) is 19.0. The molecule has 2 N–H and O–H groups in total. The third kappa shape index (κ3) is 8.63. The zero-order valence-corrected chi connectivity index (χ0v) is 21.3. The van der Waals surface area contributed by atoms with E-state index in [4.69, 9.17) is 0 Å². The van der Waals surface area contributed by atoms with Gasteiger partial charge in [-0.25, -0.2) is 0 Å². The molecule has 172 valence electrons. The van der Waals surface area contributed by atoms with Crippen molar-refractivity contribution in [3.63, 3.8) is 0 Å². The van der Waals surface area contributed by atoms with Crippen molar-refractivity contribution in [2.24, 2.45) is 4.99 Å². The normalized spacial score (nSPS) is 14.8. The average molecular weight is 547 g/mol. The van der Waals surface area contributed by atoms with Gasteiger partial charge in [0, 0.05) is 58.9 Å². The Labute approximate surface area is 208 Å². The molecule has 0 aliphatic carbocycles. The number of guanidine groups is 1. The third-order valence-electron chi connectivity index (χ3n) is 5.33. The van der Waals surface area contributed by atoms with Gasteiger partial charge < -0.3 is 15.5 Å². The molecule has 0 saturated carbocycles. The van der Waals surface area contributed by atoms with E-state index in [2.05, 4.69) is 74.0 Å². The third-order valence-corrected chi connectivity index (χ3v) is 5.33. The Morgan fingerprint density at radius 3 is 2.34 bits per heavy atom. The van der Waals surface area contributed by atoms with E-state index >= 15 is 0 Å². The predicted octanol–water partition coefficient (Wildman–Crippen LogP) is 3.71. The molecule has 1 heterocycles. The fraction of sp³-hybridized carbons (Fsp3) is 0.360. The first-order valence-electron chi connectivity index (χ1n) is 10.9. The molecule has 0 radical (unpaired) electrons. The number of piperazine rings is 1. The van der Waals surface area contributed by atoms with Crippen LogP contribution in [-0.2, 0) is 11.2 Å². The standard InChI is InChI=1S/C25H33N5O.HI/c1-21(31)28-24-12-10-23(11-13-24)14-15-27-25(26-2)30-19-17-29(18-20-30)16-6-9-22-7-4-3-5-8-22;/h3-13H,14-20H2,1-2H3,(H,26,27)(H,28,31);1H/b9-6+;. The Balaban J connectivity index is 0.00000363. The van der Waals surface area contributed by atoms with E-state index in [0.29, 0.717) is 0 Å². The number of carbonyl (C=O) groups excluding carboxylic acids is 1. The molecule has 1 aliphatic rings. The zero-order chi connectivity index (χ0) is 21.9. The molecular weight excluding hydrogens is 513 g/mol. The van der Waals surface area contributed by atoms with E-state index in [0.717, 1.165) is 57.3 Å². The average Bonchev–Trinajstić information content (AvgIpc) is 2.79. The molecule has 1 fully saturated rings. The molecule has 1 amide bonds. The maximum absolute atomic E-state index is 11.1. The topological polar surface area (TPSA) is 60.0 Å². The van der Waals surface area contributed by atoms with Gasteiger partial charge in [0.1, 0.15) is 0 Å². The van der Waals surface area contributed by atoms with Crippen molar-refractivity contribution < 1.29 is 4.79 Å². The second-order valence-corrected chi connectivity index (χ2v) is 7.70. The van der Waals surface area contributed by atoms with Crippen molar-refractivity contribution in [3.8, 4) is 0 Å². The van der Waals surface area contributed by atoms with E-state index < -0.39 is 0 Å². The van der Waals surface area contributed by atoms with Crippen LogP contribution in [-0.4, -0.2) is 68.0 Å². The number of nitrogens with zero attached hydrogens (tertiary/aromatic N) is 3. The van der Waals surface area contributed by atoms with Crippen LogP contribution in [0.3, 0.4) is 0 Å². The summed E-state index contributed by atoms with van der Waals surface area (Å²) in [6.45, 7) is 7.34. The van der Waals surface area contributed by atoms with Gasteiger partial charge in [-0.3, -0.25) is 14.7 Å². The highest BCUT2D eigenvalue weighted by molar-refractivity contribution is 14.0. The van der Waals surface area contributed by atoms with Crippen molar-refractivity contribution in [2.45, 2.75) is 13.3 Å². The lowest BCUT2D eigenvalue weighted by molar-refractivity contribution is -0.114. The van der Waals surface area contributed by atoms with Crippen LogP contribution >= 0.6 is 24.0 Å². The first-order valence-corrected chi connectivity index (χ1v) is 10.9. The minimum Gasteiger partial charge on any atom is -0.356 e. The number of carbonyl (C=O) groups is 1. The summed E-state index contributed by atoms with van der Waals surface area (Å²) in [7, 11) is 1.85. The molecule has 1 aliphatic heterocycles. The largest absolute Gasteiger partial charge is 0.356 e. The fourth-order valence-electron chi connectivity index (χ4n) is 3.65. The highest BCUT2D eigenvalue weighted by Gasteiger charge is 2.18. The van der Waals surface area contributed by atoms with Crippen molar-refractivity contribution in [3.05, 3.63) is 71.8 Å². The minimum atomic E-state index is -0.0504. The van der Waals surface area contributed by atoms with Gasteiger partial charge in [0.05, 0.1) is 0 Å². The van der Waals surface area contributed by atoms with Gasteiger partial charge in [-0.1, -0.05) is 54.6 Å². The van der Waals surface area contributed by atoms with Gasteiger partial charge in [0.25, 0.3) is 0 Å². The van der Waals surface area contributed by atoms with Crippen LogP contribution in [0.15, 0.2) is 65.7 Å². The summed E-state index contributed by atoms with van der Waals surface area (Å²) in [6.07, 6.45) is 5.34. The first-order chi connectivity index (χ1) is 15.1. The lowest BCUT2D eigenvalue weighted by atomic mass is 10.1. The lowest BCUT2D eigenvalue weighted by Crippen LogP contribution is -2.52. The van der Waals surface area contributed by atoms with Crippen LogP contribution < -0.4 is 10.6 Å². The molecule has 2 aromatic rings. The fourth-order valence-corrected chi connectivity index (χ4v) is 3.65. The maximum atomic E-state index is 11.1. The van der Waals surface area contributed by atoms with Crippen LogP contribution in [0.4, 0.5) is 5.69 Å². The Morgan fingerprint density at radius 2 is 1.72 bits per heavy atom. The smallest absolute Gasteiger partial charge is 0.221 e. The quantitative estimate of drug-likeness (QED) is 0.316. The molecule has 0 atom stereocenters. The summed E-state index contributed by atoms with van der Waals surface area (Å²) in [5, 5.41) is 6.28. The SMILES string of the molecule is CN=C(NCCc1ccc(NC(C)=O)cc1)N1CCN(C/C=C/c2ccccc2)CC1.I. The summed E-state index contributed by atoms with van der Waals surface area (Å²) in [5.41, 5.74) is 3.30. The second kappa shape index (κ2) is 13.9. The summed E-state index contributed by atoms with van der Waals surface area (Å²) in [5.74, 6) is 0.917. The minimum absolute atomic E-state index is 0. The number of anilines is 1. The molecule has 6 nitrogen and oxygen atoms in total. The van der Waals surface area contributed by atoms with Crippen LogP contribution in [0.5, 0.6) is 0 Å². The number of amides is 1. The van der Waals surface area contributed by atoms with Gasteiger partial charge in [-0.2, -0.15) is 0 Å². The summed E-state index contributed by atoms with van der Waals surface area (Å²) >= 11 is 0. The Morgan fingerprint density at radius 1 is 1.03 bits per heavy atom. The highest BCUT2D eigenvalue weighted by atomic mass is 127. The monoisotopic (exact) mass is 547 g/mol. The molecular formula is C25H34IN5O. The highest BCUT2D eigenvalue weighted by Crippen LogP contribution is 2.10. The summed E-state index contributed by atoms with van der Waals surface area (Å²) < 4.78 is 0. The van der Waals surface area contributed by atoms with Crippen molar-refractivity contribution in [1.82, 2.24) is 15.1 Å². The van der Waals surface area contributed by atoms with Crippen molar-refractivity contribution in [1.29, 1.82) is 0 Å². The Bertz CT molecular complexity index is 875. The van der Waals surface area contributed by atoms with Crippen LogP contribution in [0, 0.1) is 0 Å². The van der Waals surface area contributed by atoms with Gasteiger partial charge in [0.15, 0.2) is 5.96 Å². The van der Waals surface area contributed by atoms with E-state index in [1.54, 1.807) is 0 Å². The predicted molar refractivity (Wildman–Crippen MR) is 145 cm³/mol. The number of hydrogen-bond donors (Lipinski definition) is 2. The van der Waals surface area contributed by atoms with E-state index in [-0.39, 0.29) is 29.9 Å². The van der Waals surface area contributed by atoms with E-state index in [9.17, 15) is 4.79 Å². The molecule has 0 bridgehead atoms. The molecule has 0 unspecified atom stereocenters. The van der Waals surface area contributed by atoms with Crippen molar-refractivity contribution in [2.75, 3.05) is 51.6 Å². The molecule has 3 rings (SSSR count). The second-order valence-electron chi connectivity index (χ2n) is 7.70. The summed E-state index contributed by atoms with van der Waals surface area (Å²) in [4.78, 5) is 20.4. The van der Waals surface area contributed by atoms with Crippen LogP contribution in [0.25, 0.3) is 6.08 Å². The Hall–Kier alpha value is -2.39. The van der Waals surface area contributed by atoms with Crippen molar-refractivity contribution >= 4 is 47.6 Å². The number of benzene rings is 2. The number of hydrogen-bond acceptors (Lipinski definition) is 3. The molecule has 32 heavy (non-hydrogen) atoms. The number of halogens is 1. The number of nitrogens with one attached hydrogen (secondary N) is 2. The van der Waals surface area contributed by atoms with Gasteiger partial charge in [-0.05, 0) is 29.7 Å². The first kappa shape index (κ1) is 25.9. The number of aliphatic imine (C=N–C) groups is 1. The Kier molecular flexibility index (Phi) is 11.2. The van der Waals surface area contributed by atoms with Gasteiger partial charge in [0.2, 0.25) is 5.91 Å². The van der Waals surface area contributed by atoms with E-state index in [1.807, 2.05) is 25.2 Å². The van der Waals surface area contributed by atoms with E-state index in [1.165, 1.54) is 18.1 Å². The molecule has 0 spiro atoms.